The van der Waals surface area contributed by atoms with Gasteiger partial charge < -0.3 is 14.8 Å². The molecule has 1 N–H and O–H groups in total. The minimum Gasteiger partial charge on any atom is -0.467 e. The van der Waals surface area contributed by atoms with Crippen LogP contribution in [0.15, 0.2) is 42.5 Å². The van der Waals surface area contributed by atoms with Gasteiger partial charge in [-0.05, 0) is 25.0 Å². The summed E-state index contributed by atoms with van der Waals surface area (Å²) in [7, 11) is 2.82. The second kappa shape index (κ2) is 6.54. The van der Waals surface area contributed by atoms with Gasteiger partial charge in [-0.25, -0.2) is 4.79 Å². The molecule has 0 aliphatic heterocycles. The van der Waals surface area contributed by atoms with Crippen molar-refractivity contribution < 1.29 is 19.1 Å². The standard InChI is InChI=1S/C16H19NO4/c1-20-13-10-6-7-11-16(13,15(19)21-2)17-14(18)12-8-4-3-5-9-12/h3-6,8-10,13H,7,11H2,1-2H3,(H,17,18)/t13-,16-/m1/s1. The third-order valence-corrected chi connectivity index (χ3v) is 3.68. The van der Waals surface area contributed by atoms with E-state index in [1.165, 1.54) is 14.2 Å². The second-order valence-corrected chi connectivity index (χ2v) is 4.91. The predicted molar refractivity (Wildman–Crippen MR) is 77.8 cm³/mol. The molecular weight excluding hydrogens is 270 g/mol. The fourth-order valence-corrected chi connectivity index (χ4v) is 2.57. The molecule has 1 aliphatic rings. The molecule has 0 radical (unpaired) electrons. The van der Waals surface area contributed by atoms with E-state index in [9.17, 15) is 9.59 Å². The number of benzene rings is 1. The summed E-state index contributed by atoms with van der Waals surface area (Å²) in [5.74, 6) is -0.818. The number of hydrogen-bond acceptors (Lipinski definition) is 4. The average molecular weight is 289 g/mol. The number of carbonyl (C=O) groups is 2. The van der Waals surface area contributed by atoms with Crippen LogP contribution in [0, 0.1) is 0 Å². The van der Waals surface area contributed by atoms with Crippen LogP contribution in [0.4, 0.5) is 0 Å². The molecule has 0 fully saturated rings. The normalized spacial score (nSPS) is 24.4. The van der Waals surface area contributed by atoms with E-state index in [1.54, 1.807) is 30.3 Å². The van der Waals surface area contributed by atoms with Crippen LogP contribution >= 0.6 is 0 Å². The first-order valence-corrected chi connectivity index (χ1v) is 6.79. The molecule has 112 valence electrons. The highest BCUT2D eigenvalue weighted by Gasteiger charge is 2.48. The van der Waals surface area contributed by atoms with Crippen LogP contribution in [0.2, 0.25) is 0 Å². The summed E-state index contributed by atoms with van der Waals surface area (Å²) in [4.78, 5) is 24.7. The monoisotopic (exact) mass is 289 g/mol. The molecule has 2 rings (SSSR count). The molecule has 0 saturated carbocycles. The number of nitrogens with one attached hydrogen (secondary N) is 1. The van der Waals surface area contributed by atoms with Gasteiger partial charge in [0.05, 0.1) is 7.11 Å². The lowest BCUT2D eigenvalue weighted by Crippen LogP contribution is -2.63. The Balaban J connectivity index is 2.31. The smallest absolute Gasteiger partial charge is 0.334 e. The molecule has 0 aromatic heterocycles. The Labute approximate surface area is 123 Å². The highest BCUT2D eigenvalue weighted by molar-refractivity contribution is 5.98. The van der Waals surface area contributed by atoms with Crippen LogP contribution in [0.1, 0.15) is 23.2 Å². The van der Waals surface area contributed by atoms with Gasteiger partial charge in [0.25, 0.3) is 5.91 Å². The van der Waals surface area contributed by atoms with Crippen LogP contribution < -0.4 is 5.32 Å². The van der Waals surface area contributed by atoms with Crippen LogP contribution in [0.25, 0.3) is 0 Å². The van der Waals surface area contributed by atoms with Gasteiger partial charge in [-0.2, -0.15) is 0 Å². The van der Waals surface area contributed by atoms with Gasteiger partial charge in [0.15, 0.2) is 5.54 Å². The summed E-state index contributed by atoms with van der Waals surface area (Å²) in [6.45, 7) is 0. The van der Waals surface area contributed by atoms with Gasteiger partial charge >= 0.3 is 5.97 Å². The molecular formula is C16H19NO4. The summed E-state index contributed by atoms with van der Waals surface area (Å²) in [6, 6.07) is 8.76. The Morgan fingerprint density at radius 3 is 2.57 bits per heavy atom. The molecule has 0 heterocycles. The number of allylic oxidation sites excluding steroid dienone is 1. The van der Waals surface area contributed by atoms with Crippen LogP contribution in [0.3, 0.4) is 0 Å². The number of ether oxygens (including phenoxy) is 2. The van der Waals surface area contributed by atoms with E-state index < -0.39 is 17.6 Å². The minimum absolute atomic E-state index is 0.321. The Morgan fingerprint density at radius 2 is 1.95 bits per heavy atom. The fourth-order valence-electron chi connectivity index (χ4n) is 2.57. The van der Waals surface area contributed by atoms with E-state index in [1.807, 2.05) is 12.1 Å². The van der Waals surface area contributed by atoms with Crippen molar-refractivity contribution in [1.82, 2.24) is 5.32 Å². The lowest BCUT2D eigenvalue weighted by atomic mass is 9.82. The van der Waals surface area contributed by atoms with Gasteiger partial charge in [0.1, 0.15) is 6.10 Å². The number of amides is 1. The van der Waals surface area contributed by atoms with Crippen molar-refractivity contribution in [3.05, 3.63) is 48.0 Å². The van der Waals surface area contributed by atoms with Gasteiger partial charge in [-0.15, -0.1) is 0 Å². The molecule has 0 spiro atoms. The highest BCUT2D eigenvalue weighted by Crippen LogP contribution is 2.28. The van der Waals surface area contributed by atoms with E-state index >= 15 is 0 Å². The summed E-state index contributed by atoms with van der Waals surface area (Å²) in [6.07, 6.45) is 4.28. The number of rotatable bonds is 4. The van der Waals surface area contributed by atoms with Gasteiger partial charge in [-0.1, -0.05) is 30.4 Å². The lowest BCUT2D eigenvalue weighted by molar-refractivity contribution is -0.153. The number of methoxy groups -OCH3 is 2. The average Bonchev–Trinajstić information content (AvgIpc) is 2.55. The Hall–Kier alpha value is -2.14. The van der Waals surface area contributed by atoms with Gasteiger partial charge in [0, 0.05) is 12.7 Å². The first-order chi connectivity index (χ1) is 10.1. The van der Waals surface area contributed by atoms with Crippen LogP contribution in [0.5, 0.6) is 0 Å². The zero-order chi connectivity index (χ0) is 15.3. The van der Waals surface area contributed by atoms with E-state index in [4.69, 9.17) is 9.47 Å². The molecule has 0 saturated heterocycles. The van der Waals surface area contributed by atoms with E-state index in [0.717, 1.165) is 0 Å². The number of carbonyl (C=O) groups excluding carboxylic acids is 2. The topological polar surface area (TPSA) is 64.6 Å². The zero-order valence-electron chi connectivity index (χ0n) is 12.2. The maximum absolute atomic E-state index is 12.4. The van der Waals surface area contributed by atoms with Crippen LogP contribution in [-0.4, -0.2) is 37.7 Å². The maximum atomic E-state index is 12.4. The van der Waals surface area contributed by atoms with Crippen molar-refractivity contribution in [2.75, 3.05) is 14.2 Å². The molecule has 2 atom stereocenters. The van der Waals surface area contributed by atoms with Gasteiger partial charge in [-0.3, -0.25) is 4.79 Å². The SMILES string of the molecule is COC(=O)[C@@]1(NC(=O)c2ccccc2)CCC=C[C@H]1OC. The summed E-state index contributed by atoms with van der Waals surface area (Å²) < 4.78 is 10.3. The molecule has 1 aliphatic carbocycles. The summed E-state index contributed by atoms with van der Waals surface area (Å²) >= 11 is 0. The zero-order valence-corrected chi connectivity index (χ0v) is 12.2. The molecule has 1 aromatic carbocycles. The third kappa shape index (κ3) is 2.97. The van der Waals surface area contributed by atoms with Crippen molar-refractivity contribution in [3.63, 3.8) is 0 Å². The van der Waals surface area contributed by atoms with E-state index in [2.05, 4.69) is 5.32 Å². The second-order valence-electron chi connectivity index (χ2n) is 4.91. The first-order valence-electron chi connectivity index (χ1n) is 6.79. The molecule has 0 unspecified atom stereocenters. The van der Waals surface area contributed by atoms with Gasteiger partial charge in [0.2, 0.25) is 0 Å². The first kappa shape index (κ1) is 15.3. The van der Waals surface area contributed by atoms with Crippen LogP contribution in [-0.2, 0) is 14.3 Å². The minimum atomic E-state index is -1.19. The van der Waals surface area contributed by atoms with Crippen molar-refractivity contribution in [3.8, 4) is 0 Å². The van der Waals surface area contributed by atoms with Crippen molar-refractivity contribution >= 4 is 11.9 Å². The number of esters is 1. The number of hydrogen-bond donors (Lipinski definition) is 1. The Kier molecular flexibility index (Phi) is 4.75. The predicted octanol–water partition coefficient (Wildman–Crippen LogP) is 1.69. The Morgan fingerprint density at radius 1 is 1.24 bits per heavy atom. The van der Waals surface area contributed by atoms with E-state index in [0.29, 0.717) is 18.4 Å². The molecule has 1 amide bonds. The van der Waals surface area contributed by atoms with Crippen molar-refractivity contribution in [2.24, 2.45) is 0 Å². The molecule has 5 heteroatoms. The maximum Gasteiger partial charge on any atom is 0.334 e. The molecule has 5 nitrogen and oxygen atoms in total. The molecule has 0 bridgehead atoms. The lowest BCUT2D eigenvalue weighted by Gasteiger charge is -2.38. The third-order valence-electron chi connectivity index (χ3n) is 3.68. The highest BCUT2D eigenvalue weighted by atomic mass is 16.5. The van der Waals surface area contributed by atoms with Crippen molar-refractivity contribution in [1.29, 1.82) is 0 Å². The summed E-state index contributed by atoms with van der Waals surface area (Å²) in [5.41, 5.74) is -0.698. The fraction of sp³-hybridized carbons (Fsp3) is 0.375. The molecule has 21 heavy (non-hydrogen) atoms. The quantitative estimate of drug-likeness (QED) is 0.677. The Bertz CT molecular complexity index is 540. The summed E-state index contributed by atoms with van der Waals surface area (Å²) in [5, 5.41) is 2.81. The largest absolute Gasteiger partial charge is 0.467 e. The van der Waals surface area contributed by atoms with Crippen molar-refractivity contribution in [2.45, 2.75) is 24.5 Å². The van der Waals surface area contributed by atoms with E-state index in [-0.39, 0.29) is 5.91 Å². The molecule has 1 aromatic rings.